The van der Waals surface area contributed by atoms with E-state index in [1.54, 1.807) is 12.1 Å². The van der Waals surface area contributed by atoms with E-state index in [1.807, 2.05) is 30.5 Å². The molecule has 1 aliphatic rings. The molecule has 0 spiro atoms. The number of aromatic nitrogens is 2. The number of carbonyl (C=O) groups excluding carboxylic acids is 1. The zero-order valence-corrected chi connectivity index (χ0v) is 20.8. The number of carbonyl (C=O) groups is 1. The summed E-state index contributed by atoms with van der Waals surface area (Å²) < 4.78 is 25.1. The van der Waals surface area contributed by atoms with Gasteiger partial charge in [0.25, 0.3) is 0 Å². The Labute approximate surface area is 205 Å². The van der Waals surface area contributed by atoms with Gasteiger partial charge in [-0.25, -0.2) is 13.6 Å². The Kier molecular flexibility index (Phi) is 6.13. The number of ketones is 1. The lowest BCUT2D eigenvalue weighted by atomic mass is 9.93. The third kappa shape index (κ3) is 4.69. The molecule has 8 heteroatoms. The summed E-state index contributed by atoms with van der Waals surface area (Å²) in [5, 5.41) is 6.46. The summed E-state index contributed by atoms with van der Waals surface area (Å²) in [6, 6.07) is 18.9. The Morgan fingerprint density at radius 2 is 1.71 bits per heavy atom. The number of fused-ring (bicyclic) bond motifs is 1. The Balaban J connectivity index is 1.26. The van der Waals surface area contributed by atoms with Gasteiger partial charge in [0.1, 0.15) is 0 Å². The Hall–Kier alpha value is -3.20. The number of benzene rings is 2. The molecule has 5 rings (SSSR count). The second kappa shape index (κ2) is 9.11. The van der Waals surface area contributed by atoms with E-state index in [2.05, 4.69) is 34.1 Å². The molecular formula is C27H30N4O3S. The molecule has 0 unspecified atom stereocenters. The number of nitrogens with one attached hydrogen (secondary N) is 1. The normalized spacial score (nSPS) is 15.6. The second-order valence-corrected chi connectivity index (χ2v) is 11.0. The van der Waals surface area contributed by atoms with Crippen LogP contribution in [0, 0.1) is 13.8 Å². The molecule has 0 aliphatic carbocycles. The number of para-hydroxylation sites is 1. The van der Waals surface area contributed by atoms with Gasteiger partial charge in [0.05, 0.1) is 11.4 Å². The van der Waals surface area contributed by atoms with Gasteiger partial charge in [0.2, 0.25) is 10.0 Å². The lowest BCUT2D eigenvalue weighted by Gasteiger charge is -2.31. The maximum absolute atomic E-state index is 13.2. The van der Waals surface area contributed by atoms with Crippen molar-refractivity contribution in [3.8, 4) is 5.69 Å². The van der Waals surface area contributed by atoms with Gasteiger partial charge in [-0.05, 0) is 87.6 Å². The molecule has 2 aromatic carbocycles. The molecule has 4 aromatic rings. The van der Waals surface area contributed by atoms with Crippen LogP contribution in [0.4, 0.5) is 0 Å². The largest absolute Gasteiger partial charge is 0.358 e. The first-order valence-electron chi connectivity index (χ1n) is 11.9. The minimum Gasteiger partial charge on any atom is -0.358 e. The number of nitrogens with two attached hydrogens (primary N) is 1. The van der Waals surface area contributed by atoms with Crippen LogP contribution in [0.2, 0.25) is 0 Å². The number of nitrogens with zero attached hydrogens (tertiary/aromatic N) is 2. The highest BCUT2D eigenvalue weighted by molar-refractivity contribution is 7.89. The van der Waals surface area contributed by atoms with Gasteiger partial charge in [-0.2, -0.15) is 0 Å². The van der Waals surface area contributed by atoms with E-state index in [1.165, 1.54) is 28.7 Å². The molecular weight excluding hydrogens is 460 g/mol. The van der Waals surface area contributed by atoms with Crippen molar-refractivity contribution in [3.05, 3.63) is 83.3 Å². The number of hydrogen-bond acceptors (Lipinski definition) is 4. The summed E-state index contributed by atoms with van der Waals surface area (Å²) in [7, 11) is -3.75. The minimum atomic E-state index is -3.75. The SMILES string of the molecule is Cc1cc(C(=O)CN2CCC(c3cc4ccccc4[nH]3)CC2)c(C)n1-c1ccc(S(N)(=O)=O)cc1. The highest BCUT2D eigenvalue weighted by Crippen LogP contribution is 2.30. The van der Waals surface area contributed by atoms with Crippen LogP contribution in [-0.2, 0) is 10.0 Å². The molecule has 35 heavy (non-hydrogen) atoms. The molecule has 3 heterocycles. The summed E-state index contributed by atoms with van der Waals surface area (Å²) in [5.74, 6) is 0.591. The van der Waals surface area contributed by atoms with Crippen LogP contribution in [0.15, 0.2) is 65.6 Å². The van der Waals surface area contributed by atoms with Crippen LogP contribution in [0.5, 0.6) is 0 Å². The monoisotopic (exact) mass is 490 g/mol. The van der Waals surface area contributed by atoms with Gasteiger partial charge in [-0.15, -0.1) is 0 Å². The van der Waals surface area contributed by atoms with E-state index in [-0.39, 0.29) is 10.7 Å². The molecule has 0 bridgehead atoms. The number of Topliss-reactive ketones (excluding diaryl/α,β-unsaturated/α-hetero) is 1. The summed E-state index contributed by atoms with van der Waals surface area (Å²) in [6.45, 7) is 6.05. The second-order valence-electron chi connectivity index (χ2n) is 9.44. The molecule has 1 aliphatic heterocycles. The predicted molar refractivity (Wildman–Crippen MR) is 138 cm³/mol. The standard InChI is InChI=1S/C27H30N4O3S/c1-18-15-24(19(2)31(18)22-7-9-23(10-8-22)35(28,33)34)27(32)17-30-13-11-20(12-14-30)26-16-21-5-3-4-6-25(21)29-26/h3-10,15-16,20,29H,11-14,17H2,1-2H3,(H2,28,33,34). The Morgan fingerprint density at radius 3 is 2.37 bits per heavy atom. The number of piperidine rings is 1. The van der Waals surface area contributed by atoms with Crippen molar-refractivity contribution >= 4 is 26.7 Å². The Bertz CT molecular complexity index is 1460. The van der Waals surface area contributed by atoms with Crippen LogP contribution in [0.3, 0.4) is 0 Å². The average molecular weight is 491 g/mol. The number of likely N-dealkylation sites (tertiary alicyclic amines) is 1. The van der Waals surface area contributed by atoms with Crippen molar-refractivity contribution in [2.45, 2.75) is 37.5 Å². The zero-order chi connectivity index (χ0) is 24.7. The Morgan fingerprint density at radius 1 is 1.03 bits per heavy atom. The van der Waals surface area contributed by atoms with E-state index in [0.29, 0.717) is 18.0 Å². The first kappa shape index (κ1) is 23.5. The number of sulfonamides is 1. The van der Waals surface area contributed by atoms with Crippen molar-refractivity contribution in [2.75, 3.05) is 19.6 Å². The molecule has 2 aromatic heterocycles. The van der Waals surface area contributed by atoms with Gasteiger partial charge in [0.15, 0.2) is 5.78 Å². The van der Waals surface area contributed by atoms with Gasteiger partial charge < -0.3 is 9.55 Å². The first-order valence-corrected chi connectivity index (χ1v) is 13.4. The van der Waals surface area contributed by atoms with Gasteiger partial charge in [0, 0.05) is 39.8 Å². The van der Waals surface area contributed by atoms with E-state index in [4.69, 9.17) is 5.14 Å². The van der Waals surface area contributed by atoms with Crippen molar-refractivity contribution < 1.29 is 13.2 Å². The first-order chi connectivity index (χ1) is 16.7. The fourth-order valence-electron chi connectivity index (χ4n) is 5.23. The van der Waals surface area contributed by atoms with Crippen molar-refractivity contribution in [1.29, 1.82) is 0 Å². The van der Waals surface area contributed by atoms with Gasteiger partial charge >= 0.3 is 0 Å². The van der Waals surface area contributed by atoms with E-state index in [0.717, 1.165) is 43.0 Å². The van der Waals surface area contributed by atoms with Crippen LogP contribution in [0.1, 0.15) is 46.2 Å². The van der Waals surface area contributed by atoms with Crippen molar-refractivity contribution in [1.82, 2.24) is 14.5 Å². The summed E-state index contributed by atoms with van der Waals surface area (Å²) in [6.07, 6.45) is 2.05. The predicted octanol–water partition coefficient (Wildman–Crippen LogP) is 4.29. The van der Waals surface area contributed by atoms with E-state index >= 15 is 0 Å². The number of aryl methyl sites for hydroxylation is 1. The van der Waals surface area contributed by atoms with Crippen LogP contribution in [-0.4, -0.2) is 48.3 Å². The number of rotatable bonds is 6. The highest BCUT2D eigenvalue weighted by atomic mass is 32.2. The third-order valence-corrected chi connectivity index (χ3v) is 8.03. The molecule has 0 radical (unpaired) electrons. The van der Waals surface area contributed by atoms with Crippen molar-refractivity contribution in [3.63, 3.8) is 0 Å². The molecule has 0 saturated carbocycles. The summed E-state index contributed by atoms with van der Waals surface area (Å²) in [4.78, 5) is 19.1. The quantitative estimate of drug-likeness (QED) is 0.394. The summed E-state index contributed by atoms with van der Waals surface area (Å²) >= 11 is 0. The molecule has 7 nitrogen and oxygen atoms in total. The van der Waals surface area contributed by atoms with Crippen molar-refractivity contribution in [2.24, 2.45) is 5.14 Å². The van der Waals surface area contributed by atoms with E-state index in [9.17, 15) is 13.2 Å². The molecule has 0 amide bonds. The zero-order valence-electron chi connectivity index (χ0n) is 20.0. The third-order valence-electron chi connectivity index (χ3n) is 7.10. The highest BCUT2D eigenvalue weighted by Gasteiger charge is 2.25. The minimum absolute atomic E-state index is 0.0656. The maximum atomic E-state index is 13.2. The summed E-state index contributed by atoms with van der Waals surface area (Å²) in [5.41, 5.74) is 5.74. The number of H-pyrrole nitrogens is 1. The molecule has 1 fully saturated rings. The number of primary sulfonamides is 1. The maximum Gasteiger partial charge on any atom is 0.238 e. The molecule has 3 N–H and O–H groups in total. The molecule has 1 saturated heterocycles. The number of hydrogen-bond donors (Lipinski definition) is 2. The topological polar surface area (TPSA) is 101 Å². The molecule has 182 valence electrons. The van der Waals surface area contributed by atoms with E-state index < -0.39 is 10.0 Å². The lowest BCUT2D eigenvalue weighted by molar-refractivity contribution is 0.0908. The fourth-order valence-corrected chi connectivity index (χ4v) is 5.75. The van der Waals surface area contributed by atoms with Crippen LogP contribution in [0.25, 0.3) is 16.6 Å². The van der Waals surface area contributed by atoms with Crippen LogP contribution < -0.4 is 5.14 Å². The van der Waals surface area contributed by atoms with Gasteiger partial charge in [-0.1, -0.05) is 18.2 Å². The molecule has 0 atom stereocenters. The average Bonchev–Trinajstić information content (AvgIpc) is 3.39. The number of aromatic amines is 1. The van der Waals surface area contributed by atoms with Gasteiger partial charge in [-0.3, -0.25) is 9.69 Å². The fraction of sp³-hybridized carbons (Fsp3) is 0.296. The van der Waals surface area contributed by atoms with Crippen LogP contribution >= 0.6 is 0 Å². The lowest BCUT2D eigenvalue weighted by Crippen LogP contribution is -2.37. The smallest absolute Gasteiger partial charge is 0.238 e.